The number of thiol groups is 1. The molecule has 0 aliphatic rings. The Labute approximate surface area is 188 Å². The molecule has 3 aromatic rings. The number of alkyl halides is 6. The first-order valence-corrected chi connectivity index (χ1v) is 10.9. The molecule has 10 heteroatoms. The van der Waals surface area contributed by atoms with Crippen LogP contribution in [-0.2, 0) is 9.53 Å². The van der Waals surface area contributed by atoms with Gasteiger partial charge in [-0.1, -0.05) is 36.4 Å². The predicted octanol–water partition coefficient (Wildman–Crippen LogP) is 6.58. The zero-order valence-electron chi connectivity index (χ0n) is 16.8. The Hall–Kier alpha value is -3.14. The lowest BCUT2D eigenvalue weighted by Crippen LogP contribution is -2.46. The molecule has 0 amide bonds. The quantitative estimate of drug-likeness (QED) is 0.232. The highest BCUT2D eigenvalue weighted by Gasteiger charge is 2.59. The normalized spacial score (nSPS) is 12.4. The second-order valence-electron chi connectivity index (χ2n) is 6.74. The predicted molar refractivity (Wildman–Crippen MR) is 111 cm³/mol. The highest BCUT2D eigenvalue weighted by atomic mass is 32.2. The van der Waals surface area contributed by atoms with Crippen LogP contribution in [0, 0.1) is 0 Å². The molecule has 33 heavy (non-hydrogen) atoms. The van der Waals surface area contributed by atoms with Crippen LogP contribution in [0.2, 0.25) is 0 Å². The molecule has 0 fully saturated rings. The number of esters is 1. The molecule has 0 saturated carbocycles. The molecule has 3 nitrogen and oxygen atoms in total. The van der Waals surface area contributed by atoms with Gasteiger partial charge in [-0.15, -0.1) is 0 Å². The highest BCUT2D eigenvalue weighted by molar-refractivity contribution is 8.17. The summed E-state index contributed by atoms with van der Waals surface area (Å²) in [7, 11) is -0.915. The summed E-state index contributed by atoms with van der Waals surface area (Å²) in [5, 5.41) is 0. The lowest BCUT2D eigenvalue weighted by Gasteiger charge is -2.24. The van der Waals surface area contributed by atoms with Gasteiger partial charge in [0.2, 0.25) is 0 Å². The molecule has 0 aliphatic carbocycles. The van der Waals surface area contributed by atoms with Gasteiger partial charge in [-0.2, -0.15) is 37.2 Å². The van der Waals surface area contributed by atoms with Gasteiger partial charge >= 0.3 is 18.3 Å². The number of halogens is 6. The van der Waals surface area contributed by atoms with Crippen molar-refractivity contribution in [2.45, 2.75) is 33.1 Å². The van der Waals surface area contributed by atoms with E-state index in [2.05, 4.69) is 4.74 Å². The van der Waals surface area contributed by atoms with E-state index in [0.717, 1.165) is 14.7 Å². The third kappa shape index (κ3) is 6.67. The number of carbonyl (C=O) groups is 1. The van der Waals surface area contributed by atoms with Crippen molar-refractivity contribution in [2.75, 3.05) is 6.61 Å². The zero-order chi connectivity index (χ0) is 24.1. The molecule has 0 spiro atoms. The standard InChI is InChI=1S/C23H18F6O3S/c24-22(25,26)21(23(27,28)29)32-20(30)15-31-16-11-13-19(14-12-16)33(17-7-3-1-4-8-17)18-9-5-2-6-10-18/h1-14,21,33H,15H2. The average molecular weight is 488 g/mol. The fourth-order valence-electron chi connectivity index (χ4n) is 2.92. The first-order chi connectivity index (χ1) is 15.6. The Bertz CT molecular complexity index is 984. The largest absolute Gasteiger partial charge is 0.482 e. The van der Waals surface area contributed by atoms with Crippen molar-refractivity contribution in [1.82, 2.24) is 0 Å². The van der Waals surface area contributed by atoms with Crippen LogP contribution in [0.4, 0.5) is 26.3 Å². The first kappa shape index (κ1) is 24.5. The maximum Gasteiger partial charge on any atom is 0.434 e. The van der Waals surface area contributed by atoms with Gasteiger partial charge in [-0.25, -0.2) is 4.79 Å². The second kappa shape index (κ2) is 10.2. The number of rotatable bonds is 7. The fourth-order valence-corrected chi connectivity index (χ4v) is 5.20. The molecule has 0 saturated heterocycles. The van der Waals surface area contributed by atoms with Crippen LogP contribution < -0.4 is 4.74 Å². The molecule has 0 radical (unpaired) electrons. The number of benzene rings is 3. The second-order valence-corrected chi connectivity index (χ2v) is 8.96. The lowest BCUT2D eigenvalue weighted by atomic mass is 10.3. The van der Waals surface area contributed by atoms with Crippen LogP contribution >= 0.6 is 10.9 Å². The Morgan fingerprint density at radius 1 is 0.697 bits per heavy atom. The number of ether oxygens (including phenoxy) is 2. The van der Waals surface area contributed by atoms with Crippen molar-refractivity contribution in [3.63, 3.8) is 0 Å². The van der Waals surface area contributed by atoms with E-state index in [1.165, 1.54) is 12.1 Å². The van der Waals surface area contributed by atoms with E-state index in [4.69, 9.17) is 4.74 Å². The van der Waals surface area contributed by atoms with Crippen molar-refractivity contribution in [1.29, 1.82) is 0 Å². The van der Waals surface area contributed by atoms with Crippen LogP contribution in [-0.4, -0.2) is 31.0 Å². The van der Waals surface area contributed by atoms with Gasteiger partial charge in [0.15, 0.2) is 6.61 Å². The minimum absolute atomic E-state index is 0.0994. The number of hydrogen-bond donors (Lipinski definition) is 1. The van der Waals surface area contributed by atoms with E-state index in [9.17, 15) is 31.1 Å². The van der Waals surface area contributed by atoms with Crippen LogP contribution in [0.1, 0.15) is 0 Å². The molecule has 176 valence electrons. The van der Waals surface area contributed by atoms with E-state index in [-0.39, 0.29) is 5.75 Å². The van der Waals surface area contributed by atoms with Crippen molar-refractivity contribution < 1.29 is 40.6 Å². The van der Waals surface area contributed by atoms with Crippen LogP contribution in [0.5, 0.6) is 5.75 Å². The average Bonchev–Trinajstić information content (AvgIpc) is 2.77. The van der Waals surface area contributed by atoms with Gasteiger partial charge in [0.05, 0.1) is 0 Å². The molecule has 3 aromatic carbocycles. The van der Waals surface area contributed by atoms with E-state index in [0.29, 0.717) is 0 Å². The maximum atomic E-state index is 12.5. The van der Waals surface area contributed by atoms with E-state index < -0.39 is 41.9 Å². The van der Waals surface area contributed by atoms with Crippen LogP contribution in [0.15, 0.2) is 99.6 Å². The molecule has 0 unspecified atom stereocenters. The summed E-state index contributed by atoms with van der Waals surface area (Å²) < 4.78 is 83.6. The van der Waals surface area contributed by atoms with Crippen molar-refractivity contribution in [2.24, 2.45) is 0 Å². The van der Waals surface area contributed by atoms with Crippen molar-refractivity contribution in [3.8, 4) is 5.75 Å². The van der Waals surface area contributed by atoms with Gasteiger partial charge in [0.1, 0.15) is 5.75 Å². The SMILES string of the molecule is O=C(COc1ccc([SH](c2ccccc2)c2ccccc2)cc1)OC(C(F)(F)F)C(F)(F)F. The summed E-state index contributed by atoms with van der Waals surface area (Å²) in [4.78, 5) is 14.6. The molecule has 0 bridgehead atoms. The maximum absolute atomic E-state index is 12.5. The Morgan fingerprint density at radius 3 is 1.55 bits per heavy atom. The molecular weight excluding hydrogens is 470 g/mol. The van der Waals surface area contributed by atoms with Gasteiger partial charge < -0.3 is 9.47 Å². The summed E-state index contributed by atoms with van der Waals surface area (Å²) in [5.74, 6) is -1.68. The minimum atomic E-state index is -5.78. The van der Waals surface area contributed by atoms with E-state index in [1.807, 2.05) is 60.7 Å². The Kier molecular flexibility index (Phi) is 7.57. The highest BCUT2D eigenvalue weighted by Crippen LogP contribution is 2.51. The van der Waals surface area contributed by atoms with Crippen molar-refractivity contribution in [3.05, 3.63) is 84.9 Å². The molecule has 0 aliphatic heterocycles. The van der Waals surface area contributed by atoms with Crippen molar-refractivity contribution >= 4 is 16.9 Å². The lowest BCUT2D eigenvalue weighted by molar-refractivity contribution is -0.313. The summed E-state index contributed by atoms with van der Waals surface area (Å²) in [6, 6.07) is 25.9. The number of hydrogen-bond acceptors (Lipinski definition) is 3. The molecule has 0 atom stereocenters. The minimum Gasteiger partial charge on any atom is -0.482 e. The van der Waals surface area contributed by atoms with E-state index >= 15 is 0 Å². The molecular formula is C23H18F6O3S. The van der Waals surface area contributed by atoms with Gasteiger partial charge in [-0.3, -0.25) is 0 Å². The topological polar surface area (TPSA) is 35.5 Å². The van der Waals surface area contributed by atoms with Crippen LogP contribution in [0.3, 0.4) is 0 Å². The third-order valence-corrected chi connectivity index (χ3v) is 6.77. The summed E-state index contributed by atoms with van der Waals surface area (Å²) in [5.41, 5.74) is 0. The molecule has 0 aromatic heterocycles. The summed E-state index contributed by atoms with van der Waals surface area (Å²) >= 11 is 0. The monoisotopic (exact) mass is 488 g/mol. The van der Waals surface area contributed by atoms with Gasteiger partial charge in [-0.05, 0) is 63.2 Å². The summed E-state index contributed by atoms with van der Waals surface area (Å²) in [6.45, 7) is -1.10. The third-order valence-electron chi connectivity index (χ3n) is 4.32. The Morgan fingerprint density at radius 2 is 1.12 bits per heavy atom. The molecule has 0 heterocycles. The van der Waals surface area contributed by atoms with Crippen LogP contribution in [0.25, 0.3) is 0 Å². The number of carbonyl (C=O) groups excluding carboxylic acids is 1. The van der Waals surface area contributed by atoms with Gasteiger partial charge in [0, 0.05) is 0 Å². The molecule has 3 rings (SSSR count). The first-order valence-electron chi connectivity index (χ1n) is 9.52. The fraction of sp³-hybridized carbons (Fsp3) is 0.174. The summed E-state index contributed by atoms with van der Waals surface area (Å²) in [6.07, 6.45) is -15.8. The smallest absolute Gasteiger partial charge is 0.434 e. The van der Waals surface area contributed by atoms with Gasteiger partial charge in [0.25, 0.3) is 6.10 Å². The van der Waals surface area contributed by atoms with E-state index in [1.54, 1.807) is 12.1 Å². The molecule has 0 N–H and O–H groups in total. The zero-order valence-corrected chi connectivity index (χ0v) is 17.7. The Balaban J connectivity index is 1.71.